The number of rotatable bonds is 5. The van der Waals surface area contributed by atoms with Crippen LogP contribution in [0.2, 0.25) is 0 Å². The second-order valence-electron chi connectivity index (χ2n) is 6.37. The van der Waals surface area contributed by atoms with Crippen molar-refractivity contribution in [3.05, 3.63) is 29.3 Å². The number of anilines is 1. The Kier molecular flexibility index (Phi) is 5.64. The molecule has 0 bridgehead atoms. The molecule has 1 aromatic rings. The van der Waals surface area contributed by atoms with Crippen molar-refractivity contribution in [2.45, 2.75) is 52.7 Å². The summed E-state index contributed by atoms with van der Waals surface area (Å²) in [6.45, 7) is 9.07. The van der Waals surface area contributed by atoms with E-state index in [1.54, 1.807) is 45.9 Å². The molecule has 1 aliphatic rings. The van der Waals surface area contributed by atoms with Crippen LogP contribution in [-0.4, -0.2) is 37.2 Å². The minimum Gasteiger partial charge on any atom is -0.459 e. The summed E-state index contributed by atoms with van der Waals surface area (Å²) in [6.07, 6.45) is 1.83. The zero-order chi connectivity index (χ0) is 17.0. The fraction of sp³-hybridized carbons (Fsp3) is 0.556. The van der Waals surface area contributed by atoms with E-state index in [1.807, 2.05) is 0 Å². The first kappa shape index (κ1) is 17.3. The lowest BCUT2D eigenvalue weighted by Crippen LogP contribution is -2.20. The van der Waals surface area contributed by atoms with E-state index in [-0.39, 0.29) is 12.2 Å². The smallest absolute Gasteiger partial charge is 0.338 e. The second kappa shape index (κ2) is 7.49. The van der Waals surface area contributed by atoms with Crippen molar-refractivity contribution >= 4 is 17.6 Å². The molecule has 5 heteroatoms. The van der Waals surface area contributed by atoms with E-state index in [1.165, 1.54) is 0 Å². The first-order chi connectivity index (χ1) is 10.9. The third kappa shape index (κ3) is 4.71. The first-order valence-electron chi connectivity index (χ1n) is 8.19. The number of hydrogen-bond acceptors (Lipinski definition) is 5. The highest BCUT2D eigenvalue weighted by atomic mass is 16.5. The van der Waals surface area contributed by atoms with Crippen molar-refractivity contribution in [2.24, 2.45) is 0 Å². The van der Waals surface area contributed by atoms with Gasteiger partial charge in [0.05, 0.1) is 23.3 Å². The molecule has 0 saturated carbocycles. The molecule has 0 unspecified atom stereocenters. The number of carbonyl (C=O) groups is 2. The van der Waals surface area contributed by atoms with Gasteiger partial charge in [0.2, 0.25) is 0 Å². The molecule has 1 heterocycles. The first-order valence-corrected chi connectivity index (χ1v) is 8.19. The molecule has 0 N–H and O–H groups in total. The highest BCUT2D eigenvalue weighted by Gasteiger charge is 2.20. The molecule has 2 rings (SSSR count). The maximum atomic E-state index is 12.2. The fourth-order valence-corrected chi connectivity index (χ4v) is 2.57. The van der Waals surface area contributed by atoms with Gasteiger partial charge in [0.15, 0.2) is 0 Å². The maximum absolute atomic E-state index is 12.2. The molecule has 0 atom stereocenters. The van der Waals surface area contributed by atoms with Crippen LogP contribution in [0.25, 0.3) is 0 Å². The van der Waals surface area contributed by atoms with Crippen LogP contribution >= 0.6 is 0 Å². The average molecular weight is 319 g/mol. The van der Waals surface area contributed by atoms with Crippen LogP contribution in [0.1, 0.15) is 61.3 Å². The Hall–Kier alpha value is -2.04. The van der Waals surface area contributed by atoms with Crippen molar-refractivity contribution in [3.63, 3.8) is 0 Å². The van der Waals surface area contributed by atoms with Crippen molar-refractivity contribution < 1.29 is 19.1 Å². The predicted octanol–water partition coefficient (Wildman–Crippen LogP) is 3.42. The van der Waals surface area contributed by atoms with E-state index in [2.05, 4.69) is 4.90 Å². The minimum atomic E-state index is -0.417. The summed E-state index contributed by atoms with van der Waals surface area (Å²) in [5.74, 6) is -0.834. The van der Waals surface area contributed by atoms with Crippen LogP contribution in [-0.2, 0) is 9.47 Å². The topological polar surface area (TPSA) is 55.8 Å². The van der Waals surface area contributed by atoms with E-state index in [0.717, 1.165) is 31.6 Å². The Morgan fingerprint density at radius 3 is 1.70 bits per heavy atom. The number of esters is 2. The Balaban J connectivity index is 2.34. The van der Waals surface area contributed by atoms with E-state index >= 15 is 0 Å². The normalized spacial score (nSPS) is 14.4. The van der Waals surface area contributed by atoms with E-state index in [4.69, 9.17) is 9.47 Å². The van der Waals surface area contributed by atoms with E-state index in [9.17, 15) is 9.59 Å². The monoisotopic (exact) mass is 319 g/mol. The SMILES string of the molecule is CC(C)OC(=O)c1cc(C(=O)OC(C)C)cc(N2CCCC2)c1. The summed E-state index contributed by atoms with van der Waals surface area (Å²) in [5.41, 5.74) is 1.65. The molecule has 1 aromatic carbocycles. The quantitative estimate of drug-likeness (QED) is 0.778. The van der Waals surface area contributed by atoms with E-state index in [0.29, 0.717) is 11.1 Å². The lowest BCUT2D eigenvalue weighted by molar-refractivity contribution is 0.0377. The number of carbonyl (C=O) groups excluding carboxylic acids is 2. The summed E-state index contributed by atoms with van der Waals surface area (Å²) < 4.78 is 10.5. The van der Waals surface area contributed by atoms with Gasteiger partial charge < -0.3 is 14.4 Å². The van der Waals surface area contributed by atoms with Gasteiger partial charge >= 0.3 is 11.9 Å². The van der Waals surface area contributed by atoms with Crippen molar-refractivity contribution in [2.75, 3.05) is 18.0 Å². The number of benzene rings is 1. The van der Waals surface area contributed by atoms with Crippen LogP contribution in [0.4, 0.5) is 5.69 Å². The molecule has 1 fully saturated rings. The molecular formula is C18H25NO4. The number of hydrogen-bond donors (Lipinski definition) is 0. The Labute approximate surface area is 137 Å². The van der Waals surface area contributed by atoms with Crippen LogP contribution < -0.4 is 4.90 Å². The molecule has 0 aromatic heterocycles. The average Bonchev–Trinajstić information content (AvgIpc) is 2.99. The van der Waals surface area contributed by atoms with Gasteiger partial charge in [-0.25, -0.2) is 9.59 Å². The predicted molar refractivity (Wildman–Crippen MR) is 89.0 cm³/mol. The van der Waals surface area contributed by atoms with Gasteiger partial charge in [0.25, 0.3) is 0 Å². The lowest BCUT2D eigenvalue weighted by Gasteiger charge is -2.20. The van der Waals surface area contributed by atoms with Crippen LogP contribution in [0.3, 0.4) is 0 Å². The Morgan fingerprint density at radius 2 is 1.30 bits per heavy atom. The van der Waals surface area contributed by atoms with Crippen LogP contribution in [0, 0.1) is 0 Å². The summed E-state index contributed by atoms with van der Waals surface area (Å²) in [7, 11) is 0. The molecule has 0 amide bonds. The maximum Gasteiger partial charge on any atom is 0.338 e. The molecular weight excluding hydrogens is 294 g/mol. The molecule has 0 aliphatic carbocycles. The molecule has 23 heavy (non-hydrogen) atoms. The summed E-state index contributed by atoms with van der Waals surface area (Å²) in [4.78, 5) is 26.6. The van der Waals surface area contributed by atoms with Gasteiger partial charge in [-0.05, 0) is 58.7 Å². The van der Waals surface area contributed by atoms with Crippen LogP contribution in [0.15, 0.2) is 18.2 Å². The van der Waals surface area contributed by atoms with Gasteiger partial charge in [0, 0.05) is 18.8 Å². The fourth-order valence-electron chi connectivity index (χ4n) is 2.57. The summed E-state index contributed by atoms with van der Waals surface area (Å²) >= 11 is 0. The highest BCUT2D eigenvalue weighted by molar-refractivity contribution is 5.97. The zero-order valence-electron chi connectivity index (χ0n) is 14.3. The second-order valence-corrected chi connectivity index (χ2v) is 6.37. The van der Waals surface area contributed by atoms with Gasteiger partial charge in [-0.2, -0.15) is 0 Å². The highest BCUT2D eigenvalue weighted by Crippen LogP contribution is 2.24. The number of ether oxygens (including phenoxy) is 2. The lowest BCUT2D eigenvalue weighted by atomic mass is 10.1. The third-order valence-corrected chi connectivity index (χ3v) is 3.55. The molecule has 1 saturated heterocycles. The molecule has 126 valence electrons. The summed E-state index contributed by atoms with van der Waals surface area (Å²) in [5, 5.41) is 0. The van der Waals surface area contributed by atoms with Gasteiger partial charge in [-0.15, -0.1) is 0 Å². The van der Waals surface area contributed by atoms with Gasteiger partial charge in [-0.1, -0.05) is 0 Å². The van der Waals surface area contributed by atoms with Crippen molar-refractivity contribution in [3.8, 4) is 0 Å². The van der Waals surface area contributed by atoms with Gasteiger partial charge in [0.1, 0.15) is 0 Å². The van der Waals surface area contributed by atoms with Crippen LogP contribution in [0.5, 0.6) is 0 Å². The molecule has 0 spiro atoms. The zero-order valence-corrected chi connectivity index (χ0v) is 14.3. The van der Waals surface area contributed by atoms with Crippen molar-refractivity contribution in [1.29, 1.82) is 0 Å². The van der Waals surface area contributed by atoms with E-state index < -0.39 is 11.9 Å². The standard InChI is InChI=1S/C18H25NO4/c1-12(2)22-17(20)14-9-15(18(21)23-13(3)4)11-16(10-14)19-7-5-6-8-19/h9-13H,5-8H2,1-4H3. The van der Waals surface area contributed by atoms with Crippen molar-refractivity contribution in [1.82, 2.24) is 0 Å². The molecule has 0 radical (unpaired) electrons. The Bertz CT molecular complexity index is 534. The number of nitrogens with zero attached hydrogens (tertiary/aromatic N) is 1. The third-order valence-electron chi connectivity index (χ3n) is 3.55. The summed E-state index contributed by atoms with van der Waals surface area (Å²) in [6, 6.07) is 5.14. The Morgan fingerprint density at radius 1 is 0.870 bits per heavy atom. The van der Waals surface area contributed by atoms with Gasteiger partial charge in [-0.3, -0.25) is 0 Å². The minimum absolute atomic E-state index is 0.205. The molecule has 1 aliphatic heterocycles. The molecule has 5 nitrogen and oxygen atoms in total. The largest absolute Gasteiger partial charge is 0.459 e.